The molecule has 1 aromatic rings. The molecule has 74 valence electrons. The van der Waals surface area contributed by atoms with Crippen molar-refractivity contribution in [1.82, 2.24) is 5.32 Å². The number of halogens is 1. The van der Waals surface area contributed by atoms with Crippen molar-refractivity contribution in [3.63, 3.8) is 0 Å². The highest BCUT2D eigenvalue weighted by Gasteiger charge is 2.30. The molecule has 0 bridgehead atoms. The highest BCUT2D eigenvalue weighted by Crippen LogP contribution is 2.32. The van der Waals surface area contributed by atoms with E-state index in [1.807, 2.05) is 18.2 Å². The predicted octanol–water partition coefficient (Wildman–Crippen LogP) is 2.89. The molecular formula is C11H12BrNO. The van der Waals surface area contributed by atoms with Crippen molar-refractivity contribution in [2.75, 3.05) is 0 Å². The van der Waals surface area contributed by atoms with E-state index in [1.165, 1.54) is 0 Å². The maximum absolute atomic E-state index is 11.6. The molecule has 0 fully saturated rings. The van der Waals surface area contributed by atoms with Gasteiger partial charge in [0.05, 0.1) is 6.04 Å². The molecule has 1 aliphatic rings. The Morgan fingerprint density at radius 1 is 1.43 bits per heavy atom. The van der Waals surface area contributed by atoms with Crippen molar-refractivity contribution in [2.45, 2.75) is 19.9 Å². The normalized spacial score (nSPS) is 19.7. The predicted molar refractivity (Wildman–Crippen MR) is 59.2 cm³/mol. The SMILES string of the molecule is CC(C)C1NC(=O)c2ccc(Br)cc21. The number of nitrogens with one attached hydrogen (secondary N) is 1. The van der Waals surface area contributed by atoms with E-state index < -0.39 is 0 Å². The summed E-state index contributed by atoms with van der Waals surface area (Å²) in [5.74, 6) is 0.473. The molecule has 1 aliphatic heterocycles. The average molecular weight is 254 g/mol. The Bertz CT molecular complexity index is 387. The van der Waals surface area contributed by atoms with Gasteiger partial charge in [0.25, 0.3) is 5.91 Å². The molecule has 0 spiro atoms. The number of hydrogen-bond acceptors (Lipinski definition) is 1. The monoisotopic (exact) mass is 253 g/mol. The van der Waals surface area contributed by atoms with E-state index in [2.05, 4.69) is 35.1 Å². The summed E-state index contributed by atoms with van der Waals surface area (Å²) in [7, 11) is 0. The Balaban J connectivity index is 2.51. The minimum atomic E-state index is 0.0474. The van der Waals surface area contributed by atoms with Crippen LogP contribution < -0.4 is 5.32 Å². The van der Waals surface area contributed by atoms with Crippen molar-refractivity contribution in [3.8, 4) is 0 Å². The van der Waals surface area contributed by atoms with Gasteiger partial charge in [-0.3, -0.25) is 4.79 Å². The first kappa shape index (κ1) is 9.71. The summed E-state index contributed by atoms with van der Waals surface area (Å²) >= 11 is 3.42. The number of rotatable bonds is 1. The van der Waals surface area contributed by atoms with Gasteiger partial charge in [-0.1, -0.05) is 29.8 Å². The third kappa shape index (κ3) is 1.46. The van der Waals surface area contributed by atoms with Crippen LogP contribution in [0.1, 0.15) is 35.8 Å². The van der Waals surface area contributed by atoms with Crippen LogP contribution in [0.4, 0.5) is 0 Å². The third-order valence-corrected chi connectivity index (χ3v) is 3.04. The first-order valence-corrected chi connectivity index (χ1v) is 5.49. The van der Waals surface area contributed by atoms with Gasteiger partial charge in [0, 0.05) is 10.0 Å². The molecule has 1 amide bonds. The van der Waals surface area contributed by atoms with Crippen LogP contribution >= 0.6 is 15.9 Å². The third-order valence-electron chi connectivity index (χ3n) is 2.55. The topological polar surface area (TPSA) is 29.1 Å². The van der Waals surface area contributed by atoms with Crippen LogP contribution in [0.2, 0.25) is 0 Å². The van der Waals surface area contributed by atoms with Gasteiger partial charge < -0.3 is 5.32 Å². The van der Waals surface area contributed by atoms with Gasteiger partial charge in [-0.15, -0.1) is 0 Å². The molecule has 1 aromatic carbocycles. The lowest BCUT2D eigenvalue weighted by Crippen LogP contribution is -2.22. The van der Waals surface area contributed by atoms with E-state index in [-0.39, 0.29) is 11.9 Å². The van der Waals surface area contributed by atoms with Crippen molar-refractivity contribution in [3.05, 3.63) is 33.8 Å². The average Bonchev–Trinajstić information content (AvgIpc) is 2.43. The van der Waals surface area contributed by atoms with Gasteiger partial charge in [-0.05, 0) is 29.7 Å². The van der Waals surface area contributed by atoms with Crippen molar-refractivity contribution < 1.29 is 4.79 Å². The van der Waals surface area contributed by atoms with Crippen LogP contribution in [0.25, 0.3) is 0 Å². The second-order valence-corrected chi connectivity index (χ2v) is 4.84. The zero-order valence-corrected chi connectivity index (χ0v) is 9.76. The summed E-state index contributed by atoms with van der Waals surface area (Å²) < 4.78 is 1.03. The van der Waals surface area contributed by atoms with Gasteiger partial charge in [0.15, 0.2) is 0 Å². The van der Waals surface area contributed by atoms with E-state index in [1.54, 1.807) is 0 Å². The smallest absolute Gasteiger partial charge is 0.252 e. The van der Waals surface area contributed by atoms with Crippen LogP contribution in [0.3, 0.4) is 0 Å². The van der Waals surface area contributed by atoms with Crippen LogP contribution in [0.15, 0.2) is 22.7 Å². The fraction of sp³-hybridized carbons (Fsp3) is 0.364. The molecule has 0 saturated carbocycles. The summed E-state index contributed by atoms with van der Waals surface area (Å²) in [5.41, 5.74) is 1.92. The Hall–Kier alpha value is -0.830. The summed E-state index contributed by atoms with van der Waals surface area (Å²) in [4.78, 5) is 11.6. The lowest BCUT2D eigenvalue weighted by molar-refractivity contribution is 0.0949. The Morgan fingerprint density at radius 2 is 2.14 bits per heavy atom. The molecule has 0 aliphatic carbocycles. The van der Waals surface area contributed by atoms with Crippen molar-refractivity contribution in [2.24, 2.45) is 5.92 Å². The van der Waals surface area contributed by atoms with Gasteiger partial charge in [0.2, 0.25) is 0 Å². The number of hydrogen-bond donors (Lipinski definition) is 1. The summed E-state index contributed by atoms with van der Waals surface area (Å²) in [6, 6.07) is 5.96. The molecule has 1 unspecified atom stereocenters. The second kappa shape index (κ2) is 3.39. The number of carbonyl (C=O) groups is 1. The minimum absolute atomic E-state index is 0.0474. The Labute approximate surface area is 91.8 Å². The van der Waals surface area contributed by atoms with Crippen LogP contribution in [0, 0.1) is 5.92 Å². The number of fused-ring (bicyclic) bond motifs is 1. The number of carbonyl (C=O) groups excluding carboxylic acids is 1. The molecule has 2 nitrogen and oxygen atoms in total. The largest absolute Gasteiger partial charge is 0.345 e. The van der Waals surface area contributed by atoms with Crippen LogP contribution in [0.5, 0.6) is 0 Å². The zero-order chi connectivity index (χ0) is 10.3. The summed E-state index contributed by atoms with van der Waals surface area (Å²) in [5, 5.41) is 2.99. The van der Waals surface area contributed by atoms with Gasteiger partial charge in [-0.25, -0.2) is 0 Å². The Kier molecular flexibility index (Phi) is 2.35. The first-order chi connectivity index (χ1) is 6.59. The molecule has 0 radical (unpaired) electrons. The van der Waals surface area contributed by atoms with Crippen LogP contribution in [-0.4, -0.2) is 5.91 Å². The molecule has 3 heteroatoms. The molecule has 0 saturated heterocycles. The quantitative estimate of drug-likeness (QED) is 0.820. The maximum atomic E-state index is 11.6. The lowest BCUT2D eigenvalue weighted by Gasteiger charge is -2.15. The van der Waals surface area contributed by atoms with E-state index in [9.17, 15) is 4.79 Å². The fourth-order valence-electron chi connectivity index (χ4n) is 1.82. The summed E-state index contributed by atoms with van der Waals surface area (Å²) in [6.07, 6.45) is 0. The molecule has 2 rings (SSSR count). The van der Waals surface area contributed by atoms with E-state index in [4.69, 9.17) is 0 Å². The second-order valence-electron chi connectivity index (χ2n) is 3.93. The van der Waals surface area contributed by atoms with Crippen molar-refractivity contribution in [1.29, 1.82) is 0 Å². The lowest BCUT2D eigenvalue weighted by atomic mass is 9.96. The molecule has 14 heavy (non-hydrogen) atoms. The number of benzene rings is 1. The van der Waals surface area contributed by atoms with Gasteiger partial charge >= 0.3 is 0 Å². The van der Waals surface area contributed by atoms with Crippen LogP contribution in [-0.2, 0) is 0 Å². The standard InChI is InChI=1S/C11H12BrNO/c1-6(2)10-9-5-7(12)3-4-8(9)11(14)13-10/h3-6,10H,1-2H3,(H,13,14). The van der Waals surface area contributed by atoms with E-state index in [0.717, 1.165) is 15.6 Å². The fourth-order valence-corrected chi connectivity index (χ4v) is 2.20. The molecule has 1 heterocycles. The summed E-state index contributed by atoms with van der Waals surface area (Å²) in [6.45, 7) is 4.22. The van der Waals surface area contributed by atoms with Crippen molar-refractivity contribution >= 4 is 21.8 Å². The van der Waals surface area contributed by atoms with Gasteiger partial charge in [-0.2, -0.15) is 0 Å². The molecule has 0 aromatic heterocycles. The van der Waals surface area contributed by atoms with E-state index in [0.29, 0.717) is 5.92 Å². The minimum Gasteiger partial charge on any atom is -0.345 e. The highest BCUT2D eigenvalue weighted by atomic mass is 79.9. The zero-order valence-electron chi connectivity index (χ0n) is 8.17. The number of amides is 1. The molecule has 1 atom stereocenters. The Morgan fingerprint density at radius 3 is 2.79 bits per heavy atom. The molecule has 1 N–H and O–H groups in total. The first-order valence-electron chi connectivity index (χ1n) is 4.70. The highest BCUT2D eigenvalue weighted by molar-refractivity contribution is 9.10. The van der Waals surface area contributed by atoms with Gasteiger partial charge in [0.1, 0.15) is 0 Å². The van der Waals surface area contributed by atoms with E-state index >= 15 is 0 Å². The maximum Gasteiger partial charge on any atom is 0.252 e. The molecular weight excluding hydrogens is 242 g/mol.